The molecule has 3 aromatic heterocycles. The molecule has 0 saturated carbocycles. The molecule has 0 aliphatic carbocycles. The Morgan fingerprint density at radius 3 is 1.57 bits per heavy atom. The van der Waals surface area contributed by atoms with Gasteiger partial charge in [-0.05, 0) is 64.1 Å². The van der Waals surface area contributed by atoms with Crippen molar-refractivity contribution in [3.8, 4) is 54.6 Å². The predicted molar refractivity (Wildman–Crippen MR) is 202 cm³/mol. The first-order chi connectivity index (χ1) is 23.1. The van der Waals surface area contributed by atoms with E-state index >= 15 is 0 Å². The van der Waals surface area contributed by atoms with Crippen molar-refractivity contribution in [3.05, 3.63) is 139 Å². The summed E-state index contributed by atoms with van der Waals surface area (Å²) in [5.41, 5.74) is 10.0. The molecule has 14 bridgehead atoms. The Kier molecular flexibility index (Phi) is 7.56. The average Bonchev–Trinajstić information content (AvgIpc) is 3.76. The predicted octanol–water partition coefficient (Wildman–Crippen LogP) is 12.2. The van der Waals surface area contributed by atoms with Gasteiger partial charge in [0, 0.05) is 32.3 Å². The van der Waals surface area contributed by atoms with Crippen molar-refractivity contribution < 1.29 is 9.47 Å². The van der Waals surface area contributed by atoms with Crippen LogP contribution in [0.15, 0.2) is 128 Å². The fraction of sp³-hybridized carbons (Fsp3) is 0.0714. The van der Waals surface area contributed by atoms with E-state index in [1.165, 1.54) is 26.4 Å². The minimum Gasteiger partial charge on any atom is -0.495 e. The van der Waals surface area contributed by atoms with E-state index in [4.69, 9.17) is 14.5 Å². The van der Waals surface area contributed by atoms with Crippen molar-refractivity contribution in [2.45, 2.75) is 6.92 Å². The highest BCUT2D eigenvalue weighted by Gasteiger charge is 2.22. The van der Waals surface area contributed by atoms with Gasteiger partial charge in [-0.25, -0.2) is 0 Å². The Bertz CT molecular complexity index is 2280. The van der Waals surface area contributed by atoms with Crippen LogP contribution in [0.1, 0.15) is 18.2 Å². The molecule has 0 spiro atoms. The van der Waals surface area contributed by atoms with Crippen molar-refractivity contribution in [3.63, 3.8) is 0 Å². The molecule has 47 heavy (non-hydrogen) atoms. The Labute approximate surface area is 282 Å². The van der Waals surface area contributed by atoms with Gasteiger partial charge in [-0.2, -0.15) is 0 Å². The molecule has 228 valence electrons. The maximum Gasteiger partial charge on any atom is 0.145 e. The number of rotatable bonds is 3. The van der Waals surface area contributed by atoms with Crippen molar-refractivity contribution in [1.29, 1.82) is 0 Å². The number of benzene rings is 4. The molecule has 0 fully saturated rings. The molecule has 0 unspecified atom stereocenters. The summed E-state index contributed by atoms with van der Waals surface area (Å²) in [7, 11) is 3.53. The van der Waals surface area contributed by atoms with Crippen LogP contribution in [0.25, 0.3) is 75.0 Å². The van der Waals surface area contributed by atoms with E-state index in [9.17, 15) is 0 Å². The van der Waals surface area contributed by atoms with Crippen LogP contribution in [0, 0.1) is 0 Å². The van der Waals surface area contributed by atoms with E-state index in [-0.39, 0.29) is 0 Å². The van der Waals surface area contributed by atoms with Gasteiger partial charge in [-0.1, -0.05) is 109 Å². The molecular weight excluding hydrogens is 615 g/mol. The first kappa shape index (κ1) is 29.2. The number of hydrogen-bond acceptors (Lipinski definition) is 5. The zero-order chi connectivity index (χ0) is 31.9. The third-order valence-electron chi connectivity index (χ3n) is 8.66. The van der Waals surface area contributed by atoms with Gasteiger partial charge in [-0.15, -0.1) is 22.7 Å². The lowest BCUT2D eigenvalue weighted by Crippen LogP contribution is -1.88. The number of ether oxygens (including phenoxy) is 2. The second kappa shape index (κ2) is 12.2. The minimum absolute atomic E-state index is 0.898. The molecule has 8 aliphatic heterocycles. The van der Waals surface area contributed by atoms with Gasteiger partial charge >= 0.3 is 0 Å². The van der Waals surface area contributed by atoms with E-state index in [0.29, 0.717) is 0 Å². The molecule has 0 saturated heterocycles. The van der Waals surface area contributed by atoms with Crippen LogP contribution in [-0.4, -0.2) is 19.2 Å². The summed E-state index contributed by atoms with van der Waals surface area (Å²) in [5.74, 6) is 1.80. The average molecular weight is 646 g/mol. The topological polar surface area (TPSA) is 31.4 Å². The lowest BCUT2D eigenvalue weighted by atomic mass is 9.99. The summed E-state index contributed by atoms with van der Waals surface area (Å²) in [6, 6.07) is 34.9. The van der Waals surface area contributed by atoms with Gasteiger partial charge in [0.25, 0.3) is 0 Å². The zero-order valence-electron chi connectivity index (χ0n) is 26.3. The molecule has 3 nitrogen and oxygen atoms in total. The van der Waals surface area contributed by atoms with Crippen molar-refractivity contribution >= 4 is 54.5 Å². The highest BCUT2D eigenvalue weighted by Crippen LogP contribution is 2.52. The third kappa shape index (κ3) is 5.28. The molecule has 7 aromatic rings. The van der Waals surface area contributed by atoms with Crippen LogP contribution in [0.4, 0.5) is 0 Å². The molecule has 11 heterocycles. The SMILES string of the molecule is C\C=C/C1=C\C=C/c2ccc(cc2)-c2cc3c(OC)c4sc(cc4c(OC)c3s2)-c2ccc(cc2)-c2ccc(cc2)-c2ccc1nc2. The van der Waals surface area contributed by atoms with E-state index in [1.807, 2.05) is 19.2 Å². The van der Waals surface area contributed by atoms with Crippen LogP contribution in [-0.2, 0) is 0 Å². The van der Waals surface area contributed by atoms with Gasteiger partial charge in [0.2, 0.25) is 0 Å². The molecule has 0 amide bonds. The Morgan fingerprint density at radius 1 is 0.596 bits per heavy atom. The molecule has 4 aromatic carbocycles. The van der Waals surface area contributed by atoms with Crippen LogP contribution < -0.4 is 9.47 Å². The molecular formula is C42H31NO2S2. The maximum atomic E-state index is 6.09. The van der Waals surface area contributed by atoms with Gasteiger partial charge < -0.3 is 9.47 Å². The van der Waals surface area contributed by atoms with Gasteiger partial charge in [0.15, 0.2) is 0 Å². The Balaban J connectivity index is 1.30. The number of hydrogen-bond donors (Lipinski definition) is 0. The molecule has 0 radical (unpaired) electrons. The van der Waals surface area contributed by atoms with Crippen LogP contribution >= 0.6 is 22.7 Å². The number of nitrogens with zero attached hydrogens (tertiary/aromatic N) is 1. The molecule has 0 N–H and O–H groups in total. The lowest BCUT2D eigenvalue weighted by molar-refractivity contribution is 0.419. The van der Waals surface area contributed by atoms with Gasteiger partial charge in [0.1, 0.15) is 11.5 Å². The number of pyridine rings is 1. The first-order valence-corrected chi connectivity index (χ1v) is 17.2. The molecule has 5 heteroatoms. The van der Waals surface area contributed by atoms with E-state index < -0.39 is 0 Å². The maximum absolute atomic E-state index is 6.09. The second-order valence-electron chi connectivity index (χ2n) is 11.5. The van der Waals surface area contributed by atoms with Crippen LogP contribution in [0.5, 0.6) is 11.5 Å². The van der Waals surface area contributed by atoms with Gasteiger partial charge in [0.05, 0.1) is 29.3 Å². The summed E-state index contributed by atoms with van der Waals surface area (Å²) in [4.78, 5) is 7.18. The highest BCUT2D eigenvalue weighted by atomic mass is 32.1. The lowest BCUT2D eigenvalue weighted by Gasteiger charge is -2.08. The minimum atomic E-state index is 0.898. The summed E-state index contributed by atoms with van der Waals surface area (Å²) in [6.07, 6.45) is 12.4. The van der Waals surface area contributed by atoms with Crippen LogP contribution in [0.3, 0.4) is 0 Å². The second-order valence-corrected chi connectivity index (χ2v) is 13.6. The summed E-state index contributed by atoms with van der Waals surface area (Å²) >= 11 is 3.49. The van der Waals surface area contributed by atoms with Crippen molar-refractivity contribution in [1.82, 2.24) is 4.98 Å². The van der Waals surface area contributed by atoms with Crippen LogP contribution in [0.2, 0.25) is 0 Å². The summed E-state index contributed by atoms with van der Waals surface area (Å²) < 4.78 is 14.4. The number of aromatic nitrogens is 1. The number of thiophene rings is 2. The van der Waals surface area contributed by atoms with Crippen molar-refractivity contribution in [2.75, 3.05) is 14.2 Å². The zero-order valence-corrected chi connectivity index (χ0v) is 27.9. The summed E-state index contributed by atoms with van der Waals surface area (Å²) in [6.45, 7) is 2.03. The van der Waals surface area contributed by atoms with E-state index in [1.54, 1.807) is 36.9 Å². The third-order valence-corrected chi connectivity index (χ3v) is 11.0. The standard InChI is InChI=1S/C42H31NO2S2/c1-4-6-30-8-5-7-26-9-11-31(12-10-26)37-23-34-39(44-2)42-35(40(45-3)41(34)46-37)24-38(47-42)32-19-17-28(18-20-32)27-13-15-29(16-14-27)33-21-22-36(30)43-25-33/h4-25H,1-3H3/b6-4-,7-5-,8-5?,26-7?,28-27?,30-8+,33-29?,36-30?,37-31?,38-32?. The number of fused-ring (bicyclic) bond motifs is 1. The van der Waals surface area contributed by atoms with E-state index in [0.717, 1.165) is 65.2 Å². The largest absolute Gasteiger partial charge is 0.495 e. The van der Waals surface area contributed by atoms with E-state index in [2.05, 4.69) is 121 Å². The number of allylic oxidation sites excluding steroid dienone is 5. The Hall–Kier alpha value is -5.23. The normalized spacial score (nSPS) is 14.3. The highest BCUT2D eigenvalue weighted by molar-refractivity contribution is 7.24. The van der Waals surface area contributed by atoms with Crippen molar-refractivity contribution in [2.24, 2.45) is 0 Å². The fourth-order valence-corrected chi connectivity index (χ4v) is 8.63. The smallest absolute Gasteiger partial charge is 0.145 e. The molecule has 8 aliphatic rings. The quantitative estimate of drug-likeness (QED) is 0.192. The first-order valence-electron chi connectivity index (χ1n) is 15.5. The molecule has 0 atom stereocenters. The number of methoxy groups -OCH3 is 2. The Morgan fingerprint density at radius 2 is 1.09 bits per heavy atom. The van der Waals surface area contributed by atoms with Gasteiger partial charge in [-0.3, -0.25) is 4.98 Å². The molecule has 15 rings (SSSR count). The fourth-order valence-electron chi connectivity index (χ4n) is 6.24. The summed E-state index contributed by atoms with van der Waals surface area (Å²) in [5, 5.41) is 2.16. The monoisotopic (exact) mass is 645 g/mol.